The van der Waals surface area contributed by atoms with Gasteiger partial charge in [-0.05, 0) is 30.2 Å². The molecule has 0 atom stereocenters. The van der Waals surface area contributed by atoms with Crippen LogP contribution < -0.4 is 5.32 Å². The van der Waals surface area contributed by atoms with Crippen LogP contribution >= 0.6 is 11.8 Å². The summed E-state index contributed by atoms with van der Waals surface area (Å²) < 4.78 is 4.60. The molecule has 1 rings (SSSR count). The summed E-state index contributed by atoms with van der Waals surface area (Å²) in [5.41, 5.74) is 1.26. The van der Waals surface area contributed by atoms with Gasteiger partial charge in [0, 0.05) is 11.4 Å². The van der Waals surface area contributed by atoms with Crippen molar-refractivity contribution in [3.05, 3.63) is 29.8 Å². The van der Waals surface area contributed by atoms with Crippen LogP contribution in [0.15, 0.2) is 29.2 Å². The van der Waals surface area contributed by atoms with Crippen molar-refractivity contribution in [1.82, 2.24) is 5.32 Å². The minimum Gasteiger partial charge on any atom is -0.468 e. The molecule has 3 nitrogen and oxygen atoms in total. The summed E-state index contributed by atoms with van der Waals surface area (Å²) in [6.07, 6.45) is 0. The van der Waals surface area contributed by atoms with E-state index in [0.29, 0.717) is 11.7 Å². The van der Waals surface area contributed by atoms with Crippen LogP contribution in [-0.2, 0) is 16.1 Å². The highest BCUT2D eigenvalue weighted by Crippen LogP contribution is 2.18. The second-order valence-corrected chi connectivity index (χ2v) is 5.58. The highest BCUT2D eigenvalue weighted by Gasteiger charge is 2.02. The third-order valence-electron chi connectivity index (χ3n) is 2.39. The lowest BCUT2D eigenvalue weighted by Crippen LogP contribution is -2.18. The third-order valence-corrected chi connectivity index (χ3v) is 3.37. The fraction of sp³-hybridized carbons (Fsp3) is 0.500. The number of carbonyl (C=O) groups excluding carboxylic acids is 1. The number of hydrogen-bond acceptors (Lipinski definition) is 4. The first-order valence-corrected chi connectivity index (χ1v) is 7.09. The van der Waals surface area contributed by atoms with Crippen molar-refractivity contribution in [3.63, 3.8) is 0 Å². The average Bonchev–Trinajstić information content (AvgIpc) is 2.37. The lowest BCUT2D eigenvalue weighted by molar-refractivity contribution is -0.137. The van der Waals surface area contributed by atoms with E-state index in [4.69, 9.17) is 0 Å². The number of rotatable bonds is 7. The fourth-order valence-electron chi connectivity index (χ4n) is 1.41. The summed E-state index contributed by atoms with van der Waals surface area (Å²) in [6, 6.07) is 8.26. The van der Waals surface area contributed by atoms with Crippen molar-refractivity contribution in [1.29, 1.82) is 0 Å². The number of ether oxygens (including phenoxy) is 1. The van der Waals surface area contributed by atoms with E-state index >= 15 is 0 Å². The quantitative estimate of drug-likeness (QED) is 0.609. The van der Waals surface area contributed by atoms with Crippen molar-refractivity contribution in [2.75, 3.05) is 19.4 Å². The highest BCUT2D eigenvalue weighted by molar-refractivity contribution is 8.00. The molecule has 1 aromatic carbocycles. The van der Waals surface area contributed by atoms with Crippen LogP contribution in [0.25, 0.3) is 0 Å². The maximum Gasteiger partial charge on any atom is 0.315 e. The lowest BCUT2D eigenvalue weighted by atomic mass is 10.2. The number of carbonyl (C=O) groups is 1. The highest BCUT2D eigenvalue weighted by atomic mass is 32.2. The Labute approximate surface area is 113 Å². The van der Waals surface area contributed by atoms with Gasteiger partial charge in [0.05, 0.1) is 12.9 Å². The third kappa shape index (κ3) is 6.07. The van der Waals surface area contributed by atoms with E-state index in [1.807, 2.05) is 12.1 Å². The smallest absolute Gasteiger partial charge is 0.315 e. The van der Waals surface area contributed by atoms with Gasteiger partial charge in [0.1, 0.15) is 0 Å². The number of thioether (sulfide) groups is 1. The molecule has 0 aliphatic heterocycles. The van der Waals surface area contributed by atoms with E-state index in [1.54, 1.807) is 0 Å². The lowest BCUT2D eigenvalue weighted by Gasteiger charge is -2.08. The molecule has 4 heteroatoms. The van der Waals surface area contributed by atoms with Gasteiger partial charge in [0.25, 0.3) is 0 Å². The Balaban J connectivity index is 2.35. The average molecular weight is 267 g/mol. The Morgan fingerprint density at radius 3 is 2.56 bits per heavy atom. The van der Waals surface area contributed by atoms with Crippen molar-refractivity contribution < 1.29 is 9.53 Å². The molecule has 1 aromatic rings. The minimum atomic E-state index is -0.192. The Kier molecular flexibility index (Phi) is 6.83. The zero-order valence-electron chi connectivity index (χ0n) is 11.2. The standard InChI is InChI=1S/C14H21NO2S/c1-11(2)8-15-9-12-4-6-13(7-5-12)18-10-14(16)17-3/h4-7,11,15H,8-10H2,1-3H3. The summed E-state index contributed by atoms with van der Waals surface area (Å²) in [5, 5.41) is 3.40. The zero-order chi connectivity index (χ0) is 13.4. The largest absolute Gasteiger partial charge is 0.468 e. The molecule has 0 spiro atoms. The summed E-state index contributed by atoms with van der Waals surface area (Å²) in [4.78, 5) is 12.1. The number of esters is 1. The van der Waals surface area contributed by atoms with E-state index in [9.17, 15) is 4.79 Å². The zero-order valence-corrected chi connectivity index (χ0v) is 12.0. The number of hydrogen-bond donors (Lipinski definition) is 1. The molecule has 0 radical (unpaired) electrons. The van der Waals surface area contributed by atoms with Gasteiger partial charge in [-0.2, -0.15) is 0 Å². The maximum atomic E-state index is 11.0. The second kappa shape index (κ2) is 8.16. The molecule has 0 heterocycles. The van der Waals surface area contributed by atoms with Crippen molar-refractivity contribution >= 4 is 17.7 Å². The van der Waals surface area contributed by atoms with Crippen LogP contribution in [0.2, 0.25) is 0 Å². The van der Waals surface area contributed by atoms with Crippen LogP contribution in [-0.4, -0.2) is 25.4 Å². The van der Waals surface area contributed by atoms with Gasteiger partial charge in [0.15, 0.2) is 0 Å². The predicted octanol–water partition coefficient (Wildman–Crippen LogP) is 2.70. The van der Waals surface area contributed by atoms with Crippen LogP contribution in [0.1, 0.15) is 19.4 Å². The monoisotopic (exact) mass is 267 g/mol. The summed E-state index contributed by atoms with van der Waals surface area (Å²) in [7, 11) is 1.41. The van der Waals surface area contributed by atoms with E-state index in [2.05, 4.69) is 36.0 Å². The van der Waals surface area contributed by atoms with E-state index in [-0.39, 0.29) is 5.97 Å². The molecule has 0 aromatic heterocycles. The van der Waals surface area contributed by atoms with Gasteiger partial charge in [-0.15, -0.1) is 11.8 Å². The van der Waals surface area contributed by atoms with Gasteiger partial charge in [-0.25, -0.2) is 0 Å². The Hall–Kier alpha value is -1.00. The molecule has 0 aliphatic carbocycles. The molecule has 0 saturated carbocycles. The molecule has 0 amide bonds. The summed E-state index contributed by atoms with van der Waals surface area (Å²) in [6.45, 7) is 6.30. The molecular formula is C14H21NO2S. The van der Waals surface area contributed by atoms with Crippen molar-refractivity contribution in [2.45, 2.75) is 25.3 Å². The predicted molar refractivity (Wildman–Crippen MR) is 75.7 cm³/mol. The molecular weight excluding hydrogens is 246 g/mol. The molecule has 0 unspecified atom stereocenters. The molecule has 0 bridgehead atoms. The molecule has 0 fully saturated rings. The van der Waals surface area contributed by atoms with Crippen molar-refractivity contribution in [2.24, 2.45) is 5.92 Å². The van der Waals surface area contributed by atoms with Crippen LogP contribution in [0.4, 0.5) is 0 Å². The Morgan fingerprint density at radius 2 is 2.00 bits per heavy atom. The summed E-state index contributed by atoms with van der Waals surface area (Å²) >= 11 is 1.50. The number of methoxy groups -OCH3 is 1. The molecule has 0 aliphatic rings. The summed E-state index contributed by atoms with van der Waals surface area (Å²) in [5.74, 6) is 0.837. The molecule has 0 saturated heterocycles. The van der Waals surface area contributed by atoms with Gasteiger partial charge < -0.3 is 10.1 Å². The fourth-order valence-corrected chi connectivity index (χ4v) is 2.14. The minimum absolute atomic E-state index is 0.192. The topological polar surface area (TPSA) is 38.3 Å². The maximum absolute atomic E-state index is 11.0. The first kappa shape index (κ1) is 15.1. The van der Waals surface area contributed by atoms with Gasteiger partial charge in [-0.3, -0.25) is 4.79 Å². The first-order valence-electron chi connectivity index (χ1n) is 6.11. The Bertz CT molecular complexity index is 363. The van der Waals surface area contributed by atoms with E-state index < -0.39 is 0 Å². The number of nitrogens with one attached hydrogen (secondary N) is 1. The van der Waals surface area contributed by atoms with Gasteiger partial charge >= 0.3 is 5.97 Å². The van der Waals surface area contributed by atoms with Gasteiger partial charge in [-0.1, -0.05) is 26.0 Å². The Morgan fingerprint density at radius 1 is 1.33 bits per heavy atom. The van der Waals surface area contributed by atoms with Crippen LogP contribution in [0.3, 0.4) is 0 Å². The van der Waals surface area contributed by atoms with E-state index in [1.165, 1.54) is 24.4 Å². The molecule has 18 heavy (non-hydrogen) atoms. The van der Waals surface area contributed by atoms with Crippen LogP contribution in [0, 0.1) is 5.92 Å². The first-order chi connectivity index (χ1) is 8.61. The SMILES string of the molecule is COC(=O)CSc1ccc(CNCC(C)C)cc1. The van der Waals surface area contributed by atoms with Crippen LogP contribution in [0.5, 0.6) is 0 Å². The molecule has 100 valence electrons. The van der Waals surface area contributed by atoms with E-state index in [0.717, 1.165) is 18.0 Å². The normalized spacial score (nSPS) is 10.7. The van der Waals surface area contributed by atoms with Gasteiger partial charge in [0.2, 0.25) is 0 Å². The number of benzene rings is 1. The molecule has 1 N–H and O–H groups in total. The van der Waals surface area contributed by atoms with Crippen molar-refractivity contribution in [3.8, 4) is 0 Å². The second-order valence-electron chi connectivity index (χ2n) is 4.53.